The molecule has 0 radical (unpaired) electrons. The molecule has 0 bridgehead atoms. The third-order valence-electron chi connectivity index (χ3n) is 2.50. The third kappa shape index (κ3) is 1.50. The minimum Gasteiger partial charge on any atom is -0.520 e. The van der Waals surface area contributed by atoms with Gasteiger partial charge in [-0.25, -0.2) is 0 Å². The van der Waals surface area contributed by atoms with Crippen LogP contribution in [0.15, 0.2) is 36.3 Å². The van der Waals surface area contributed by atoms with Gasteiger partial charge in [0.1, 0.15) is 11.5 Å². The van der Waals surface area contributed by atoms with E-state index in [2.05, 4.69) is 6.08 Å². The van der Waals surface area contributed by atoms with Gasteiger partial charge in [-0.05, 0) is 36.9 Å². The Bertz CT molecular complexity index is 346. The first-order chi connectivity index (χ1) is 6.92. The molecule has 0 unspecified atom stereocenters. The Morgan fingerprint density at radius 2 is 1.79 bits per heavy atom. The van der Waals surface area contributed by atoms with Gasteiger partial charge in [0.05, 0.1) is 0 Å². The van der Waals surface area contributed by atoms with Gasteiger partial charge in [0.25, 0.3) is 0 Å². The fraction of sp³-hybridized carbons (Fsp3) is 0.273. The summed E-state index contributed by atoms with van der Waals surface area (Å²) < 4.78 is 11.2. The molecule has 3 rings (SSSR count). The second kappa shape index (κ2) is 3.09. The molecule has 14 heavy (non-hydrogen) atoms. The molecule has 0 saturated heterocycles. The zero-order valence-corrected chi connectivity index (χ0v) is 7.85. The topological polar surface area (TPSA) is 18.5 Å². The van der Waals surface area contributed by atoms with Crippen molar-refractivity contribution in [1.82, 2.24) is 0 Å². The highest BCUT2D eigenvalue weighted by molar-refractivity contribution is 6.53. The number of para-hydroxylation sites is 2. The summed E-state index contributed by atoms with van der Waals surface area (Å²) in [5, 5.41) is 0. The standard InChI is InChI=1S/C11H11BO2/c1-2-4-11-10(3-1)13-12(14-11)8-7-9-5-6-9/h1-4,7-9H,5-6H2. The van der Waals surface area contributed by atoms with E-state index < -0.39 is 0 Å². The lowest BCUT2D eigenvalue weighted by molar-refractivity contribution is 0.517. The zero-order chi connectivity index (χ0) is 9.38. The monoisotopic (exact) mass is 186 g/mol. The highest BCUT2D eigenvalue weighted by Crippen LogP contribution is 2.34. The van der Waals surface area contributed by atoms with Crippen LogP contribution in [0.1, 0.15) is 12.8 Å². The summed E-state index contributed by atoms with van der Waals surface area (Å²) in [6.45, 7) is 0. The molecule has 0 N–H and O–H groups in total. The van der Waals surface area contributed by atoms with Crippen LogP contribution >= 0.6 is 0 Å². The number of rotatable bonds is 2. The molecule has 0 aromatic heterocycles. The number of hydrogen-bond donors (Lipinski definition) is 0. The second-order valence-electron chi connectivity index (χ2n) is 3.77. The quantitative estimate of drug-likeness (QED) is 0.660. The Labute approximate surface area is 83.7 Å². The van der Waals surface area contributed by atoms with Crippen LogP contribution in [0.4, 0.5) is 0 Å². The molecule has 1 aromatic rings. The Hall–Kier alpha value is -1.38. The maximum absolute atomic E-state index is 5.58. The molecule has 1 aliphatic heterocycles. The lowest BCUT2D eigenvalue weighted by atomic mass is 9.90. The molecule has 1 heterocycles. The van der Waals surface area contributed by atoms with E-state index in [0.29, 0.717) is 0 Å². The number of benzene rings is 1. The Morgan fingerprint density at radius 3 is 2.36 bits per heavy atom. The van der Waals surface area contributed by atoms with E-state index >= 15 is 0 Å². The lowest BCUT2D eigenvalue weighted by Gasteiger charge is -1.96. The summed E-state index contributed by atoms with van der Waals surface area (Å²) in [6.07, 6.45) is 4.82. The molecule has 0 amide bonds. The maximum Gasteiger partial charge on any atom is 0.624 e. The van der Waals surface area contributed by atoms with Gasteiger partial charge in [-0.2, -0.15) is 0 Å². The van der Waals surface area contributed by atoms with Crippen molar-refractivity contribution in [1.29, 1.82) is 0 Å². The molecular formula is C11H11BO2. The fourth-order valence-electron chi connectivity index (χ4n) is 1.53. The van der Waals surface area contributed by atoms with Crippen molar-refractivity contribution in [3.05, 3.63) is 36.3 Å². The largest absolute Gasteiger partial charge is 0.624 e. The molecule has 3 heteroatoms. The van der Waals surface area contributed by atoms with E-state index in [1.807, 2.05) is 30.2 Å². The molecular weight excluding hydrogens is 175 g/mol. The molecule has 1 aliphatic carbocycles. The minimum absolute atomic E-state index is 0.215. The van der Waals surface area contributed by atoms with Gasteiger partial charge >= 0.3 is 7.12 Å². The van der Waals surface area contributed by atoms with Gasteiger partial charge in [-0.15, -0.1) is 0 Å². The van der Waals surface area contributed by atoms with Gasteiger partial charge in [0, 0.05) is 0 Å². The van der Waals surface area contributed by atoms with E-state index in [0.717, 1.165) is 17.4 Å². The maximum atomic E-state index is 5.58. The first kappa shape index (κ1) is 7.98. The van der Waals surface area contributed by atoms with Crippen LogP contribution in [-0.4, -0.2) is 7.12 Å². The SMILES string of the molecule is C(=CC1CC1)B1Oc2ccccc2O1. The average Bonchev–Trinajstić information content (AvgIpc) is 2.94. The van der Waals surface area contributed by atoms with Crippen LogP contribution in [0, 0.1) is 5.92 Å². The average molecular weight is 186 g/mol. The number of fused-ring (bicyclic) bond motifs is 1. The normalized spacial score (nSPS) is 19.3. The van der Waals surface area contributed by atoms with Crippen LogP contribution in [0.2, 0.25) is 0 Å². The van der Waals surface area contributed by atoms with E-state index in [1.54, 1.807) is 0 Å². The van der Waals surface area contributed by atoms with Crippen molar-refractivity contribution < 1.29 is 9.31 Å². The van der Waals surface area contributed by atoms with Crippen molar-refractivity contribution in [2.75, 3.05) is 0 Å². The van der Waals surface area contributed by atoms with Crippen molar-refractivity contribution in [3.63, 3.8) is 0 Å². The molecule has 1 fully saturated rings. The Morgan fingerprint density at radius 1 is 1.14 bits per heavy atom. The van der Waals surface area contributed by atoms with Gasteiger partial charge in [0.2, 0.25) is 0 Å². The predicted octanol–water partition coefficient (Wildman–Crippen LogP) is 2.45. The van der Waals surface area contributed by atoms with Crippen LogP contribution < -0.4 is 9.31 Å². The molecule has 0 spiro atoms. The smallest absolute Gasteiger partial charge is 0.520 e. The second-order valence-corrected chi connectivity index (χ2v) is 3.77. The summed E-state index contributed by atoms with van der Waals surface area (Å²) in [4.78, 5) is 0. The lowest BCUT2D eigenvalue weighted by Crippen LogP contribution is -2.21. The van der Waals surface area contributed by atoms with Gasteiger partial charge < -0.3 is 9.31 Å². The van der Waals surface area contributed by atoms with Crippen LogP contribution in [-0.2, 0) is 0 Å². The van der Waals surface area contributed by atoms with Crippen LogP contribution in [0.3, 0.4) is 0 Å². The molecule has 2 aliphatic rings. The molecule has 2 nitrogen and oxygen atoms in total. The summed E-state index contributed by atoms with van der Waals surface area (Å²) in [5.74, 6) is 4.47. The van der Waals surface area contributed by atoms with Gasteiger partial charge in [-0.1, -0.05) is 18.2 Å². The van der Waals surface area contributed by atoms with Gasteiger partial charge in [0.15, 0.2) is 0 Å². The van der Waals surface area contributed by atoms with E-state index in [9.17, 15) is 0 Å². The number of hydrogen-bond acceptors (Lipinski definition) is 2. The first-order valence-corrected chi connectivity index (χ1v) is 5.02. The van der Waals surface area contributed by atoms with Crippen LogP contribution in [0.5, 0.6) is 11.5 Å². The highest BCUT2D eigenvalue weighted by atomic mass is 16.6. The molecule has 1 saturated carbocycles. The predicted molar refractivity (Wildman–Crippen MR) is 55.3 cm³/mol. The Kier molecular flexibility index (Phi) is 1.76. The summed E-state index contributed by atoms with van der Waals surface area (Å²) in [5.41, 5.74) is 0. The first-order valence-electron chi connectivity index (χ1n) is 5.02. The summed E-state index contributed by atoms with van der Waals surface area (Å²) in [7, 11) is -0.215. The van der Waals surface area contributed by atoms with E-state index in [-0.39, 0.29) is 7.12 Å². The van der Waals surface area contributed by atoms with E-state index in [1.165, 1.54) is 12.8 Å². The van der Waals surface area contributed by atoms with Crippen molar-refractivity contribution in [3.8, 4) is 11.5 Å². The third-order valence-corrected chi connectivity index (χ3v) is 2.50. The summed E-state index contributed by atoms with van der Waals surface area (Å²) in [6, 6.07) is 7.77. The highest BCUT2D eigenvalue weighted by Gasteiger charge is 2.29. The van der Waals surface area contributed by atoms with Crippen molar-refractivity contribution in [2.45, 2.75) is 12.8 Å². The zero-order valence-electron chi connectivity index (χ0n) is 7.85. The minimum atomic E-state index is -0.215. The molecule has 70 valence electrons. The fourth-order valence-corrected chi connectivity index (χ4v) is 1.53. The molecule has 0 atom stereocenters. The van der Waals surface area contributed by atoms with E-state index in [4.69, 9.17) is 9.31 Å². The molecule has 1 aromatic carbocycles. The van der Waals surface area contributed by atoms with Gasteiger partial charge in [-0.3, -0.25) is 0 Å². The Balaban J connectivity index is 1.71. The number of allylic oxidation sites excluding steroid dienone is 1. The van der Waals surface area contributed by atoms with Crippen LogP contribution in [0.25, 0.3) is 0 Å². The van der Waals surface area contributed by atoms with Crippen molar-refractivity contribution >= 4 is 7.12 Å². The summed E-state index contributed by atoms with van der Waals surface area (Å²) >= 11 is 0. The van der Waals surface area contributed by atoms with Crippen molar-refractivity contribution in [2.24, 2.45) is 5.92 Å².